The van der Waals surface area contributed by atoms with Crippen LogP contribution in [0, 0.1) is 0 Å². The first-order valence-electron chi connectivity index (χ1n) is 4.77. The molecule has 1 unspecified atom stereocenters. The summed E-state index contributed by atoms with van der Waals surface area (Å²) in [6.45, 7) is -0.0250. The van der Waals surface area contributed by atoms with Gasteiger partial charge in [-0.15, -0.1) is 0 Å². The van der Waals surface area contributed by atoms with Crippen LogP contribution in [-0.2, 0) is 9.53 Å². The maximum atomic E-state index is 11.0. The van der Waals surface area contributed by atoms with Crippen LogP contribution in [0.2, 0.25) is 0 Å². The maximum Gasteiger partial charge on any atom is 0.336 e. The first-order chi connectivity index (χ1) is 6.60. The van der Waals surface area contributed by atoms with E-state index in [0.717, 1.165) is 12.8 Å². The molecule has 0 aromatic carbocycles. The third kappa shape index (κ3) is 2.43. The minimum Gasteiger partial charge on any atom is -0.479 e. The zero-order chi connectivity index (χ0) is 10.6. The number of aliphatic carboxylic acids is 1. The lowest BCUT2D eigenvalue weighted by atomic mass is 9.88. The summed E-state index contributed by atoms with van der Waals surface area (Å²) >= 11 is 0. The average molecular weight is 204 g/mol. The van der Waals surface area contributed by atoms with E-state index in [4.69, 9.17) is 14.9 Å². The molecule has 1 aliphatic heterocycles. The average Bonchev–Trinajstić information content (AvgIpc) is 2.19. The van der Waals surface area contributed by atoms with Gasteiger partial charge >= 0.3 is 5.97 Å². The summed E-state index contributed by atoms with van der Waals surface area (Å²) in [5.41, 5.74) is -1.29. The van der Waals surface area contributed by atoms with Gasteiger partial charge in [0.25, 0.3) is 0 Å². The fourth-order valence-electron chi connectivity index (χ4n) is 1.71. The molecule has 3 N–H and O–H groups in total. The molecule has 0 aromatic heterocycles. The summed E-state index contributed by atoms with van der Waals surface area (Å²) in [4.78, 5) is 11.0. The summed E-state index contributed by atoms with van der Waals surface area (Å²) < 4.78 is 5.23. The number of carboxylic acid groups (broad SMARTS) is 1. The van der Waals surface area contributed by atoms with Crippen LogP contribution in [0.5, 0.6) is 0 Å². The van der Waals surface area contributed by atoms with Gasteiger partial charge in [0.15, 0.2) is 5.60 Å². The third-order valence-corrected chi connectivity index (χ3v) is 2.52. The first-order valence-corrected chi connectivity index (χ1v) is 4.77. The molecule has 0 bridgehead atoms. The highest BCUT2D eigenvalue weighted by Crippen LogP contribution is 2.29. The predicted octanol–water partition coefficient (Wildman–Crippen LogP) is -0.246. The summed E-state index contributed by atoms with van der Waals surface area (Å²) in [6, 6.07) is 0. The van der Waals surface area contributed by atoms with E-state index in [0.29, 0.717) is 13.0 Å². The number of rotatable bonds is 4. The second-order valence-corrected chi connectivity index (χ2v) is 3.65. The van der Waals surface area contributed by atoms with Crippen molar-refractivity contribution in [3.8, 4) is 0 Å². The van der Waals surface area contributed by atoms with Gasteiger partial charge in [-0.05, 0) is 19.3 Å². The Balaban J connectivity index is 2.65. The van der Waals surface area contributed by atoms with Crippen LogP contribution < -0.4 is 0 Å². The quantitative estimate of drug-likeness (QED) is 0.588. The van der Waals surface area contributed by atoms with Crippen molar-refractivity contribution in [3.63, 3.8) is 0 Å². The molecule has 2 atom stereocenters. The summed E-state index contributed by atoms with van der Waals surface area (Å²) in [6.07, 6.45) is 0.969. The van der Waals surface area contributed by atoms with Gasteiger partial charge in [-0.3, -0.25) is 0 Å². The van der Waals surface area contributed by atoms with Gasteiger partial charge in [-0.25, -0.2) is 4.79 Å². The van der Waals surface area contributed by atoms with E-state index in [1.165, 1.54) is 0 Å². The highest BCUT2D eigenvalue weighted by Gasteiger charge is 2.42. The van der Waals surface area contributed by atoms with E-state index in [9.17, 15) is 9.90 Å². The highest BCUT2D eigenvalue weighted by molar-refractivity contribution is 5.77. The fraction of sp³-hybridized carbons (Fsp3) is 0.889. The van der Waals surface area contributed by atoms with E-state index in [1.54, 1.807) is 0 Å². The Morgan fingerprint density at radius 2 is 2.21 bits per heavy atom. The Kier molecular flexibility index (Phi) is 3.86. The van der Waals surface area contributed by atoms with E-state index in [1.807, 2.05) is 0 Å². The zero-order valence-corrected chi connectivity index (χ0v) is 7.98. The van der Waals surface area contributed by atoms with Crippen LogP contribution in [0.15, 0.2) is 0 Å². The monoisotopic (exact) mass is 204 g/mol. The van der Waals surface area contributed by atoms with Gasteiger partial charge in [0, 0.05) is 13.0 Å². The first kappa shape index (κ1) is 11.4. The number of hydrogen-bond acceptors (Lipinski definition) is 4. The van der Waals surface area contributed by atoms with Crippen molar-refractivity contribution in [2.24, 2.45) is 0 Å². The number of aliphatic hydroxyl groups is 2. The fourth-order valence-corrected chi connectivity index (χ4v) is 1.71. The number of carboxylic acids is 1. The van der Waals surface area contributed by atoms with Crippen molar-refractivity contribution in [2.45, 2.75) is 37.4 Å². The Hall–Kier alpha value is -0.650. The lowest BCUT2D eigenvalue weighted by Crippen LogP contribution is -2.47. The molecule has 14 heavy (non-hydrogen) atoms. The summed E-state index contributed by atoms with van der Waals surface area (Å²) in [5.74, 6) is -1.05. The van der Waals surface area contributed by atoms with Crippen molar-refractivity contribution in [2.75, 3.05) is 13.2 Å². The molecule has 0 spiro atoms. The van der Waals surface area contributed by atoms with Crippen LogP contribution in [0.3, 0.4) is 0 Å². The molecule has 0 aromatic rings. The van der Waals surface area contributed by atoms with Gasteiger partial charge in [0.1, 0.15) is 0 Å². The number of hydrogen-bond donors (Lipinski definition) is 3. The van der Waals surface area contributed by atoms with Crippen LogP contribution in [0.25, 0.3) is 0 Å². The molecular formula is C9H16O5. The minimum absolute atomic E-state index is 0.0428. The van der Waals surface area contributed by atoms with Gasteiger partial charge in [-0.2, -0.15) is 0 Å². The largest absolute Gasteiger partial charge is 0.479 e. The molecule has 5 heteroatoms. The number of carbonyl (C=O) groups is 1. The van der Waals surface area contributed by atoms with Crippen molar-refractivity contribution in [3.05, 3.63) is 0 Å². The van der Waals surface area contributed by atoms with Crippen LogP contribution in [0.1, 0.15) is 25.7 Å². The molecule has 82 valence electrons. The second kappa shape index (κ2) is 4.72. The van der Waals surface area contributed by atoms with Gasteiger partial charge < -0.3 is 20.1 Å². The predicted molar refractivity (Wildman–Crippen MR) is 47.9 cm³/mol. The van der Waals surface area contributed by atoms with E-state index in [2.05, 4.69) is 0 Å². The number of aliphatic hydroxyl groups excluding tert-OH is 2. The number of ether oxygens (including phenoxy) is 1. The van der Waals surface area contributed by atoms with E-state index < -0.39 is 24.3 Å². The van der Waals surface area contributed by atoms with Crippen molar-refractivity contribution < 1.29 is 24.9 Å². The Morgan fingerprint density at radius 1 is 1.50 bits per heavy atom. The van der Waals surface area contributed by atoms with Crippen molar-refractivity contribution >= 4 is 5.97 Å². The second-order valence-electron chi connectivity index (χ2n) is 3.65. The molecule has 1 aliphatic rings. The normalized spacial score (nSPS) is 29.9. The SMILES string of the molecule is O=C(O)C1(C[C@H](O)CO)CCCCO1. The molecule has 0 aliphatic carbocycles. The molecule has 1 fully saturated rings. The van der Waals surface area contributed by atoms with Crippen LogP contribution in [0.4, 0.5) is 0 Å². The molecule has 0 radical (unpaired) electrons. The minimum atomic E-state index is -1.29. The summed E-state index contributed by atoms with van der Waals surface area (Å²) in [5, 5.41) is 26.9. The standard InChI is InChI=1S/C9H16O5/c10-6-7(11)5-9(8(12)13)3-1-2-4-14-9/h7,10-11H,1-6H2,(H,12,13)/t7-,9?/m0/s1. The highest BCUT2D eigenvalue weighted by atomic mass is 16.5. The summed E-state index contributed by atoms with van der Waals surface area (Å²) in [7, 11) is 0. The molecule has 1 saturated heterocycles. The van der Waals surface area contributed by atoms with Gasteiger partial charge in [0.05, 0.1) is 12.7 Å². The van der Waals surface area contributed by atoms with E-state index in [-0.39, 0.29) is 6.42 Å². The van der Waals surface area contributed by atoms with Crippen LogP contribution >= 0.6 is 0 Å². The molecule has 5 nitrogen and oxygen atoms in total. The lowest BCUT2D eigenvalue weighted by molar-refractivity contribution is -0.178. The maximum absolute atomic E-state index is 11.0. The van der Waals surface area contributed by atoms with Crippen molar-refractivity contribution in [1.29, 1.82) is 0 Å². The van der Waals surface area contributed by atoms with Gasteiger partial charge in [0.2, 0.25) is 0 Å². The Bertz CT molecular complexity index is 197. The lowest BCUT2D eigenvalue weighted by Gasteiger charge is -2.34. The third-order valence-electron chi connectivity index (χ3n) is 2.52. The molecule has 0 amide bonds. The van der Waals surface area contributed by atoms with Gasteiger partial charge in [-0.1, -0.05) is 0 Å². The smallest absolute Gasteiger partial charge is 0.336 e. The molecule has 1 heterocycles. The molecule has 0 saturated carbocycles. The Morgan fingerprint density at radius 3 is 2.64 bits per heavy atom. The van der Waals surface area contributed by atoms with E-state index >= 15 is 0 Å². The van der Waals surface area contributed by atoms with Crippen molar-refractivity contribution in [1.82, 2.24) is 0 Å². The molecule has 1 rings (SSSR count). The molecular weight excluding hydrogens is 188 g/mol. The Labute approximate surface area is 82.3 Å². The zero-order valence-electron chi connectivity index (χ0n) is 7.98. The topological polar surface area (TPSA) is 87.0 Å². The van der Waals surface area contributed by atoms with Crippen LogP contribution in [-0.4, -0.2) is 46.2 Å².